The lowest BCUT2D eigenvalue weighted by atomic mass is 10.2. The maximum Gasteiger partial charge on any atom is 0.255 e. The molecule has 1 N–H and O–H groups in total. The van der Waals surface area contributed by atoms with Gasteiger partial charge in [0.1, 0.15) is 0 Å². The molecule has 0 saturated heterocycles. The molecule has 0 bridgehead atoms. The van der Waals surface area contributed by atoms with E-state index >= 15 is 0 Å². The van der Waals surface area contributed by atoms with E-state index in [9.17, 15) is 4.79 Å². The van der Waals surface area contributed by atoms with E-state index in [0.717, 1.165) is 5.56 Å². The van der Waals surface area contributed by atoms with Crippen molar-refractivity contribution >= 4 is 12.0 Å². The van der Waals surface area contributed by atoms with E-state index in [4.69, 9.17) is 0 Å². The smallest absolute Gasteiger partial charge is 0.255 e. The zero-order valence-electron chi connectivity index (χ0n) is 9.26. The Morgan fingerprint density at radius 1 is 1.06 bits per heavy atom. The first kappa shape index (κ1) is 11.1. The SMILES string of the molecule is O=C(NC=Cc1ccccc1)c1[c]cccc1. The number of nitrogens with one attached hydrogen (secondary N) is 1. The second-order valence-corrected chi connectivity index (χ2v) is 3.49. The number of amides is 1. The molecular formula is C15H12NO. The lowest BCUT2D eigenvalue weighted by Gasteiger charge is -1.98. The second kappa shape index (κ2) is 5.66. The molecule has 2 rings (SSSR count). The van der Waals surface area contributed by atoms with Crippen molar-refractivity contribution in [2.75, 3.05) is 0 Å². The molecule has 2 heteroatoms. The van der Waals surface area contributed by atoms with Crippen molar-refractivity contribution in [1.29, 1.82) is 0 Å². The van der Waals surface area contributed by atoms with Crippen LogP contribution in [0.25, 0.3) is 6.08 Å². The van der Waals surface area contributed by atoms with Gasteiger partial charge >= 0.3 is 0 Å². The molecule has 0 aliphatic carbocycles. The summed E-state index contributed by atoms with van der Waals surface area (Å²) < 4.78 is 0. The molecule has 83 valence electrons. The van der Waals surface area contributed by atoms with Crippen molar-refractivity contribution in [2.24, 2.45) is 0 Å². The molecule has 2 aromatic rings. The highest BCUT2D eigenvalue weighted by molar-refractivity contribution is 5.94. The van der Waals surface area contributed by atoms with Crippen molar-refractivity contribution in [3.63, 3.8) is 0 Å². The van der Waals surface area contributed by atoms with Crippen molar-refractivity contribution in [3.05, 3.63) is 78.0 Å². The van der Waals surface area contributed by atoms with E-state index in [2.05, 4.69) is 11.4 Å². The topological polar surface area (TPSA) is 29.1 Å². The normalized spacial score (nSPS) is 10.4. The molecule has 0 fully saturated rings. The third-order valence-corrected chi connectivity index (χ3v) is 2.24. The zero-order chi connectivity index (χ0) is 11.9. The molecule has 0 saturated carbocycles. The van der Waals surface area contributed by atoms with E-state index in [0.29, 0.717) is 5.56 Å². The van der Waals surface area contributed by atoms with Crippen LogP contribution in [0.2, 0.25) is 0 Å². The summed E-state index contributed by atoms with van der Waals surface area (Å²) in [5, 5.41) is 2.70. The van der Waals surface area contributed by atoms with Gasteiger partial charge in [-0.05, 0) is 23.8 Å². The second-order valence-electron chi connectivity index (χ2n) is 3.49. The largest absolute Gasteiger partial charge is 0.329 e. The van der Waals surface area contributed by atoms with Gasteiger partial charge in [-0.3, -0.25) is 4.79 Å². The maximum atomic E-state index is 11.6. The molecule has 2 nitrogen and oxygen atoms in total. The first-order chi connectivity index (χ1) is 8.36. The Kier molecular flexibility index (Phi) is 3.71. The fraction of sp³-hybridized carbons (Fsp3) is 0. The van der Waals surface area contributed by atoms with Gasteiger partial charge in [0.05, 0.1) is 0 Å². The van der Waals surface area contributed by atoms with E-state index in [-0.39, 0.29) is 5.91 Å². The Morgan fingerprint density at radius 3 is 2.53 bits per heavy atom. The summed E-state index contributed by atoms with van der Waals surface area (Å²) in [5.74, 6) is -0.155. The minimum atomic E-state index is -0.155. The molecule has 0 unspecified atom stereocenters. The molecule has 0 aliphatic rings. The number of hydrogen-bond acceptors (Lipinski definition) is 1. The number of hydrogen-bond donors (Lipinski definition) is 1. The molecule has 2 aromatic carbocycles. The number of rotatable bonds is 3. The Bertz CT molecular complexity index is 503. The Morgan fingerprint density at radius 2 is 1.82 bits per heavy atom. The van der Waals surface area contributed by atoms with Gasteiger partial charge in [-0.2, -0.15) is 0 Å². The summed E-state index contributed by atoms with van der Waals surface area (Å²) in [6.07, 6.45) is 3.49. The van der Waals surface area contributed by atoms with E-state index in [1.807, 2.05) is 48.5 Å². The summed E-state index contributed by atoms with van der Waals surface area (Å²) in [5.41, 5.74) is 1.58. The van der Waals surface area contributed by atoms with Crippen LogP contribution in [0.15, 0.2) is 60.8 Å². The molecule has 17 heavy (non-hydrogen) atoms. The fourth-order valence-corrected chi connectivity index (χ4v) is 1.39. The van der Waals surface area contributed by atoms with Crippen LogP contribution in [-0.2, 0) is 0 Å². The highest BCUT2D eigenvalue weighted by Crippen LogP contribution is 2.00. The van der Waals surface area contributed by atoms with Gasteiger partial charge in [-0.1, -0.05) is 48.5 Å². The first-order valence-electron chi connectivity index (χ1n) is 5.35. The fourth-order valence-electron chi connectivity index (χ4n) is 1.39. The van der Waals surface area contributed by atoms with Crippen LogP contribution in [0.4, 0.5) is 0 Å². The van der Waals surface area contributed by atoms with Gasteiger partial charge in [0.2, 0.25) is 0 Å². The highest BCUT2D eigenvalue weighted by atomic mass is 16.1. The summed E-state index contributed by atoms with van der Waals surface area (Å²) in [7, 11) is 0. The van der Waals surface area contributed by atoms with Crippen molar-refractivity contribution in [3.8, 4) is 0 Å². The Labute approximate surface area is 101 Å². The third kappa shape index (κ3) is 3.31. The standard InChI is InChI=1S/C15H12NO/c17-15(14-9-5-2-6-10-14)16-12-11-13-7-3-1-4-8-13/h1-9,11-12H,(H,16,17). The third-order valence-electron chi connectivity index (χ3n) is 2.24. The predicted molar refractivity (Wildman–Crippen MR) is 68.2 cm³/mol. The lowest BCUT2D eigenvalue weighted by Crippen LogP contribution is -2.16. The van der Waals surface area contributed by atoms with Crippen LogP contribution in [0.3, 0.4) is 0 Å². The predicted octanol–water partition coefficient (Wildman–Crippen LogP) is 2.89. The Hall–Kier alpha value is -2.35. The van der Waals surface area contributed by atoms with Crippen LogP contribution in [0, 0.1) is 6.07 Å². The van der Waals surface area contributed by atoms with Crippen molar-refractivity contribution < 1.29 is 4.79 Å². The quantitative estimate of drug-likeness (QED) is 0.850. The van der Waals surface area contributed by atoms with Crippen molar-refractivity contribution in [1.82, 2.24) is 5.32 Å². The summed E-state index contributed by atoms with van der Waals surface area (Å²) in [6.45, 7) is 0. The van der Waals surface area contributed by atoms with Gasteiger partial charge in [0.25, 0.3) is 5.91 Å². The molecule has 1 amide bonds. The molecule has 0 aromatic heterocycles. The average Bonchev–Trinajstić information content (AvgIpc) is 2.41. The summed E-state index contributed by atoms with van der Waals surface area (Å²) >= 11 is 0. The van der Waals surface area contributed by atoms with Crippen LogP contribution in [0.5, 0.6) is 0 Å². The number of carbonyl (C=O) groups is 1. The van der Waals surface area contributed by atoms with Crippen molar-refractivity contribution in [2.45, 2.75) is 0 Å². The molecule has 0 heterocycles. The van der Waals surface area contributed by atoms with Gasteiger partial charge in [-0.25, -0.2) is 0 Å². The molecular weight excluding hydrogens is 210 g/mol. The van der Waals surface area contributed by atoms with E-state index in [1.165, 1.54) is 0 Å². The van der Waals surface area contributed by atoms with Crippen LogP contribution >= 0.6 is 0 Å². The van der Waals surface area contributed by atoms with E-state index < -0.39 is 0 Å². The highest BCUT2D eigenvalue weighted by Gasteiger charge is 2.00. The zero-order valence-corrected chi connectivity index (χ0v) is 9.26. The molecule has 1 radical (unpaired) electrons. The van der Waals surface area contributed by atoms with Crippen LogP contribution in [-0.4, -0.2) is 5.91 Å². The molecule has 0 atom stereocenters. The minimum absolute atomic E-state index is 0.155. The van der Waals surface area contributed by atoms with Gasteiger partial charge in [0.15, 0.2) is 0 Å². The average molecular weight is 222 g/mol. The monoisotopic (exact) mass is 222 g/mol. The van der Waals surface area contributed by atoms with Gasteiger partial charge in [0, 0.05) is 11.8 Å². The number of carbonyl (C=O) groups excluding carboxylic acids is 1. The van der Waals surface area contributed by atoms with Gasteiger partial charge in [-0.15, -0.1) is 0 Å². The van der Waals surface area contributed by atoms with Crippen LogP contribution in [0.1, 0.15) is 15.9 Å². The first-order valence-corrected chi connectivity index (χ1v) is 5.35. The molecule has 0 aliphatic heterocycles. The molecule has 0 spiro atoms. The summed E-state index contributed by atoms with van der Waals surface area (Å²) in [6, 6.07) is 19.8. The number of benzene rings is 2. The van der Waals surface area contributed by atoms with Crippen LogP contribution < -0.4 is 5.32 Å². The summed E-state index contributed by atoms with van der Waals surface area (Å²) in [4.78, 5) is 11.6. The van der Waals surface area contributed by atoms with E-state index in [1.54, 1.807) is 18.3 Å². The lowest BCUT2D eigenvalue weighted by molar-refractivity contribution is 0.0970. The Balaban J connectivity index is 1.95. The minimum Gasteiger partial charge on any atom is -0.329 e. The maximum absolute atomic E-state index is 11.6. The van der Waals surface area contributed by atoms with Gasteiger partial charge < -0.3 is 5.32 Å².